The molecule has 0 aliphatic heterocycles. The van der Waals surface area contributed by atoms with Crippen LogP contribution in [0.3, 0.4) is 0 Å². The van der Waals surface area contributed by atoms with Gasteiger partial charge in [0.15, 0.2) is 6.40 Å². The monoisotopic (exact) mass is 99.1 g/mol. The molecule has 40 valence electrons. The van der Waals surface area contributed by atoms with Crippen molar-refractivity contribution in [2.45, 2.75) is 6.92 Å². The molecular weight excluding hydrogens is 90.1 g/mol. The Labute approximate surface area is 43.5 Å². The van der Waals surface area contributed by atoms with E-state index in [0.29, 0.717) is 0 Å². The zero-order valence-corrected chi connectivity index (χ0v) is 4.59. The molecule has 0 unspecified atom stereocenters. The van der Waals surface area contributed by atoms with E-state index in [-0.39, 0.29) is 0 Å². The Morgan fingerprint density at radius 3 is 2.71 bits per heavy atom. The molecular formula is C5H9NO. The van der Waals surface area contributed by atoms with Crippen LogP contribution in [0, 0.1) is 0 Å². The Bertz CT molecular complexity index is 76.1. The van der Waals surface area contributed by atoms with Gasteiger partial charge in [0.05, 0.1) is 7.11 Å². The summed E-state index contributed by atoms with van der Waals surface area (Å²) in [7, 11) is 1.56. The molecule has 0 fully saturated rings. The highest BCUT2D eigenvalue weighted by atomic mass is 16.5. The molecule has 0 aromatic rings. The summed E-state index contributed by atoms with van der Waals surface area (Å²) in [6, 6.07) is 0. The predicted molar refractivity (Wildman–Crippen MR) is 30.3 cm³/mol. The maximum Gasteiger partial charge on any atom is 0.173 e. The second-order valence-electron chi connectivity index (χ2n) is 0.973. The topological polar surface area (TPSA) is 21.6 Å². The van der Waals surface area contributed by atoms with Gasteiger partial charge in [-0.15, -0.1) is 0 Å². The summed E-state index contributed by atoms with van der Waals surface area (Å²) >= 11 is 0. The first-order valence-corrected chi connectivity index (χ1v) is 2.07. The number of methoxy groups -OCH3 is 1. The summed E-state index contributed by atoms with van der Waals surface area (Å²) < 4.78 is 4.50. The van der Waals surface area contributed by atoms with E-state index in [0.717, 1.165) is 0 Å². The van der Waals surface area contributed by atoms with E-state index in [1.165, 1.54) is 6.40 Å². The molecule has 2 heteroatoms. The van der Waals surface area contributed by atoms with E-state index in [2.05, 4.69) is 9.73 Å². The quantitative estimate of drug-likeness (QED) is 0.376. The van der Waals surface area contributed by atoms with Crippen molar-refractivity contribution in [2.24, 2.45) is 4.99 Å². The number of hydrogen-bond donors (Lipinski definition) is 0. The van der Waals surface area contributed by atoms with Crippen LogP contribution in [0.15, 0.2) is 17.3 Å². The molecule has 0 rings (SSSR count). The van der Waals surface area contributed by atoms with Crippen molar-refractivity contribution in [3.63, 3.8) is 0 Å². The molecule has 0 saturated carbocycles. The molecule has 0 aromatic carbocycles. The van der Waals surface area contributed by atoms with Crippen molar-refractivity contribution in [3.05, 3.63) is 12.3 Å². The van der Waals surface area contributed by atoms with Crippen molar-refractivity contribution in [2.75, 3.05) is 7.11 Å². The van der Waals surface area contributed by atoms with Crippen LogP contribution in [0.4, 0.5) is 0 Å². The molecule has 2 nitrogen and oxygen atoms in total. The van der Waals surface area contributed by atoms with Gasteiger partial charge in [-0.2, -0.15) is 0 Å². The van der Waals surface area contributed by atoms with Crippen molar-refractivity contribution in [3.8, 4) is 0 Å². The largest absolute Gasteiger partial charge is 0.486 e. The van der Waals surface area contributed by atoms with Crippen LogP contribution in [0.2, 0.25) is 0 Å². The average Bonchev–Trinajstić information content (AvgIpc) is 1.69. The van der Waals surface area contributed by atoms with Gasteiger partial charge in [-0.25, -0.2) is 4.99 Å². The minimum atomic E-state index is 1.38. The normalized spacial score (nSPS) is 11.1. The lowest BCUT2D eigenvalue weighted by Crippen LogP contribution is -1.71. The van der Waals surface area contributed by atoms with Gasteiger partial charge >= 0.3 is 0 Å². The molecule has 0 atom stereocenters. The third-order valence-electron chi connectivity index (χ3n) is 0.401. The first kappa shape index (κ1) is 6.21. The standard InChI is InChI=1S/C5H9NO/c1-3-4-6-5-7-2/h3-5H,1-2H3. The van der Waals surface area contributed by atoms with Crippen LogP contribution in [-0.2, 0) is 4.74 Å². The van der Waals surface area contributed by atoms with Crippen LogP contribution in [0.25, 0.3) is 0 Å². The van der Waals surface area contributed by atoms with Gasteiger partial charge < -0.3 is 4.74 Å². The highest BCUT2D eigenvalue weighted by Gasteiger charge is 1.55. The molecule has 0 amide bonds. The van der Waals surface area contributed by atoms with Crippen molar-refractivity contribution in [1.29, 1.82) is 0 Å². The zero-order chi connectivity index (χ0) is 5.54. The number of allylic oxidation sites excluding steroid dienone is 1. The summed E-state index contributed by atoms with van der Waals surface area (Å²) in [4.78, 5) is 3.68. The molecule has 0 spiro atoms. The smallest absolute Gasteiger partial charge is 0.173 e. The van der Waals surface area contributed by atoms with Gasteiger partial charge in [-0.3, -0.25) is 0 Å². The molecule has 0 aliphatic rings. The number of ether oxygens (including phenoxy) is 1. The molecule has 0 N–H and O–H groups in total. The molecule has 0 heterocycles. The van der Waals surface area contributed by atoms with Gasteiger partial charge in [0.2, 0.25) is 0 Å². The Morgan fingerprint density at radius 1 is 1.57 bits per heavy atom. The van der Waals surface area contributed by atoms with Crippen LogP contribution >= 0.6 is 0 Å². The van der Waals surface area contributed by atoms with Crippen molar-refractivity contribution in [1.82, 2.24) is 0 Å². The summed E-state index contributed by atoms with van der Waals surface area (Å²) in [6.07, 6.45) is 4.86. The lowest BCUT2D eigenvalue weighted by atomic mass is 10.7. The fourth-order valence-corrected chi connectivity index (χ4v) is 0.182. The second kappa shape index (κ2) is 5.21. The number of rotatable bonds is 2. The Morgan fingerprint density at radius 2 is 2.29 bits per heavy atom. The van der Waals surface area contributed by atoms with E-state index in [4.69, 9.17) is 0 Å². The molecule has 0 aromatic heterocycles. The molecule has 0 radical (unpaired) electrons. The summed E-state index contributed by atoms with van der Waals surface area (Å²) in [6.45, 7) is 1.90. The van der Waals surface area contributed by atoms with Crippen molar-refractivity contribution >= 4 is 6.40 Å². The maximum atomic E-state index is 4.50. The maximum absolute atomic E-state index is 4.50. The first-order chi connectivity index (χ1) is 3.41. The molecule has 0 saturated heterocycles. The van der Waals surface area contributed by atoms with E-state index >= 15 is 0 Å². The summed E-state index contributed by atoms with van der Waals surface area (Å²) in [5, 5.41) is 0. The zero-order valence-electron chi connectivity index (χ0n) is 4.59. The third-order valence-corrected chi connectivity index (χ3v) is 0.401. The summed E-state index contributed by atoms with van der Waals surface area (Å²) in [5.74, 6) is 0. The van der Waals surface area contributed by atoms with Crippen LogP contribution in [0.1, 0.15) is 6.92 Å². The van der Waals surface area contributed by atoms with Crippen LogP contribution in [-0.4, -0.2) is 13.5 Å². The third kappa shape index (κ3) is 5.21. The highest BCUT2D eigenvalue weighted by molar-refractivity contribution is 5.46. The number of nitrogens with zero attached hydrogens (tertiary/aromatic N) is 1. The minimum Gasteiger partial charge on any atom is -0.486 e. The Kier molecular flexibility index (Phi) is 4.62. The minimum absolute atomic E-state index is 1.38. The Balaban J connectivity index is 3.09. The van der Waals surface area contributed by atoms with Crippen LogP contribution in [0.5, 0.6) is 0 Å². The van der Waals surface area contributed by atoms with E-state index in [1.807, 2.05) is 13.0 Å². The number of hydrogen-bond acceptors (Lipinski definition) is 2. The van der Waals surface area contributed by atoms with Crippen LogP contribution < -0.4 is 0 Å². The number of aliphatic imine (C=N–C) groups is 1. The van der Waals surface area contributed by atoms with E-state index in [9.17, 15) is 0 Å². The SMILES string of the molecule is CC=CN=COC. The predicted octanol–water partition coefficient (Wildman–Crippen LogP) is 1.19. The fraction of sp³-hybridized carbons (Fsp3) is 0.400. The van der Waals surface area contributed by atoms with Gasteiger partial charge in [0.1, 0.15) is 0 Å². The van der Waals surface area contributed by atoms with E-state index < -0.39 is 0 Å². The summed E-state index contributed by atoms with van der Waals surface area (Å²) in [5.41, 5.74) is 0. The van der Waals surface area contributed by atoms with Gasteiger partial charge in [0, 0.05) is 6.20 Å². The van der Waals surface area contributed by atoms with Gasteiger partial charge in [-0.05, 0) is 6.92 Å². The van der Waals surface area contributed by atoms with Gasteiger partial charge in [-0.1, -0.05) is 6.08 Å². The fourth-order valence-electron chi connectivity index (χ4n) is 0.182. The molecule has 0 bridgehead atoms. The molecule has 7 heavy (non-hydrogen) atoms. The van der Waals surface area contributed by atoms with E-state index in [1.54, 1.807) is 13.3 Å². The lowest BCUT2D eigenvalue weighted by Gasteiger charge is -1.78. The first-order valence-electron chi connectivity index (χ1n) is 2.07. The second-order valence-corrected chi connectivity index (χ2v) is 0.973. The Hall–Kier alpha value is -0.790. The molecule has 0 aliphatic carbocycles. The highest BCUT2D eigenvalue weighted by Crippen LogP contribution is 1.68. The van der Waals surface area contributed by atoms with Crippen molar-refractivity contribution < 1.29 is 4.74 Å². The lowest BCUT2D eigenvalue weighted by molar-refractivity contribution is 0.423. The average molecular weight is 99.1 g/mol. The van der Waals surface area contributed by atoms with Gasteiger partial charge in [0.25, 0.3) is 0 Å².